The lowest BCUT2D eigenvalue weighted by molar-refractivity contribution is 0.0170. The van der Waals surface area contributed by atoms with Gasteiger partial charge < -0.3 is 10.6 Å². The second kappa shape index (κ2) is 11.2. The van der Waals surface area contributed by atoms with Crippen molar-refractivity contribution in [2.45, 2.75) is 165 Å². The van der Waals surface area contributed by atoms with Gasteiger partial charge in [0.2, 0.25) is 0 Å². The largest absolute Gasteiger partial charge is 0.309 e. The highest BCUT2D eigenvalue weighted by molar-refractivity contribution is 5.01. The molecule has 0 radical (unpaired) electrons. The van der Waals surface area contributed by atoms with E-state index in [1.807, 2.05) is 0 Å². The van der Waals surface area contributed by atoms with Crippen LogP contribution in [-0.4, -0.2) is 24.2 Å². The average molecular weight is 495 g/mol. The summed E-state index contributed by atoms with van der Waals surface area (Å²) in [6.07, 6.45) is 33.5. The van der Waals surface area contributed by atoms with Gasteiger partial charge in [0, 0.05) is 24.2 Å². The zero-order valence-electron chi connectivity index (χ0n) is 23.5. The molecule has 2 nitrogen and oxygen atoms in total. The molecule has 7 aliphatic carbocycles. The van der Waals surface area contributed by atoms with Crippen LogP contribution in [0.15, 0.2) is 0 Å². The molecule has 7 fully saturated rings. The highest BCUT2D eigenvalue weighted by Crippen LogP contribution is 2.51. The van der Waals surface area contributed by atoms with Crippen molar-refractivity contribution in [3.8, 4) is 0 Å². The molecule has 204 valence electrons. The van der Waals surface area contributed by atoms with Gasteiger partial charge in [-0.15, -0.1) is 0 Å². The second-order valence-electron chi connectivity index (χ2n) is 15.3. The molecule has 7 rings (SSSR count). The Bertz CT molecular complexity index is 660. The summed E-state index contributed by atoms with van der Waals surface area (Å²) in [5.74, 6) is 8.46. The summed E-state index contributed by atoms with van der Waals surface area (Å²) in [4.78, 5) is 0. The maximum Gasteiger partial charge on any atom is 0.0224 e. The third kappa shape index (κ3) is 5.10. The monoisotopic (exact) mass is 494 g/mol. The normalized spacial score (nSPS) is 51.3. The molecule has 0 heterocycles. The fourth-order valence-electron chi connectivity index (χ4n) is 11.8. The number of hydrogen-bond donors (Lipinski definition) is 2. The molecule has 12 unspecified atom stereocenters. The highest BCUT2D eigenvalue weighted by Gasteiger charge is 2.46. The Kier molecular flexibility index (Phi) is 7.75. The van der Waals surface area contributed by atoms with Gasteiger partial charge in [-0.05, 0) is 98.7 Å². The number of fused-ring (bicyclic) bond motifs is 4. The molecule has 7 aliphatic rings. The first-order valence-electron chi connectivity index (χ1n) is 17.3. The molecule has 36 heavy (non-hydrogen) atoms. The van der Waals surface area contributed by atoms with Gasteiger partial charge in [-0.1, -0.05) is 89.9 Å². The van der Waals surface area contributed by atoms with Crippen molar-refractivity contribution in [1.82, 2.24) is 10.6 Å². The Hall–Kier alpha value is -0.0800. The Morgan fingerprint density at radius 3 is 1.06 bits per heavy atom. The number of hydrogen-bond acceptors (Lipinski definition) is 2. The molecular formula is C34H58N2. The van der Waals surface area contributed by atoms with E-state index in [0.717, 1.165) is 71.5 Å². The van der Waals surface area contributed by atoms with Crippen LogP contribution >= 0.6 is 0 Å². The molecule has 0 spiro atoms. The van der Waals surface area contributed by atoms with Crippen molar-refractivity contribution in [2.24, 2.45) is 47.3 Å². The van der Waals surface area contributed by atoms with Crippen LogP contribution < -0.4 is 10.6 Å². The van der Waals surface area contributed by atoms with E-state index < -0.39 is 0 Å². The first-order chi connectivity index (χ1) is 17.8. The molecule has 0 aliphatic heterocycles. The van der Waals surface area contributed by atoms with Crippen LogP contribution in [0.25, 0.3) is 0 Å². The van der Waals surface area contributed by atoms with Crippen LogP contribution in [0.5, 0.6) is 0 Å². The third-order valence-electron chi connectivity index (χ3n) is 13.5. The van der Waals surface area contributed by atoms with E-state index in [2.05, 4.69) is 10.6 Å². The van der Waals surface area contributed by atoms with Crippen LogP contribution in [-0.2, 0) is 0 Å². The fourth-order valence-corrected chi connectivity index (χ4v) is 11.8. The van der Waals surface area contributed by atoms with Crippen molar-refractivity contribution in [2.75, 3.05) is 0 Å². The Morgan fingerprint density at radius 2 is 0.611 bits per heavy atom. The van der Waals surface area contributed by atoms with Gasteiger partial charge in [0.15, 0.2) is 0 Å². The van der Waals surface area contributed by atoms with Crippen LogP contribution in [0.1, 0.15) is 141 Å². The first-order valence-corrected chi connectivity index (χ1v) is 17.3. The molecular weight excluding hydrogens is 436 g/mol. The Morgan fingerprint density at radius 1 is 0.278 bits per heavy atom. The molecule has 12 atom stereocenters. The fraction of sp³-hybridized carbons (Fsp3) is 1.00. The van der Waals surface area contributed by atoms with Crippen LogP contribution in [0, 0.1) is 47.3 Å². The zero-order valence-corrected chi connectivity index (χ0v) is 23.5. The Labute approximate surface area is 223 Å². The van der Waals surface area contributed by atoms with Gasteiger partial charge in [-0.2, -0.15) is 0 Å². The maximum absolute atomic E-state index is 4.45. The lowest BCUT2D eigenvalue weighted by Gasteiger charge is -2.52. The predicted octanol–water partition coefficient (Wildman–Crippen LogP) is 8.25. The SMILES string of the molecule is C1CCC2CC3C(CCCC3NC3CCCCC3NC3CCCC4CC5CCCCC5CC43)CC2C1. The van der Waals surface area contributed by atoms with E-state index in [0.29, 0.717) is 0 Å². The summed E-state index contributed by atoms with van der Waals surface area (Å²) < 4.78 is 0. The minimum Gasteiger partial charge on any atom is -0.309 e. The second-order valence-corrected chi connectivity index (χ2v) is 15.3. The highest BCUT2D eigenvalue weighted by atomic mass is 15.1. The van der Waals surface area contributed by atoms with Gasteiger partial charge in [0.05, 0.1) is 0 Å². The van der Waals surface area contributed by atoms with Crippen molar-refractivity contribution in [3.05, 3.63) is 0 Å². The van der Waals surface area contributed by atoms with E-state index in [1.165, 1.54) is 77.0 Å². The lowest BCUT2D eigenvalue weighted by atomic mass is 9.58. The summed E-state index contributed by atoms with van der Waals surface area (Å²) in [6, 6.07) is 3.16. The molecule has 0 aromatic carbocycles. The van der Waals surface area contributed by atoms with Gasteiger partial charge in [0.25, 0.3) is 0 Å². The molecule has 2 heteroatoms. The third-order valence-corrected chi connectivity index (χ3v) is 13.5. The first kappa shape index (κ1) is 24.9. The van der Waals surface area contributed by atoms with Crippen LogP contribution in [0.3, 0.4) is 0 Å². The van der Waals surface area contributed by atoms with E-state index in [1.54, 1.807) is 64.2 Å². The number of rotatable bonds is 4. The molecule has 0 amide bonds. The maximum atomic E-state index is 4.45. The van der Waals surface area contributed by atoms with Gasteiger partial charge in [0.1, 0.15) is 0 Å². The summed E-state index contributed by atoms with van der Waals surface area (Å²) in [7, 11) is 0. The van der Waals surface area contributed by atoms with Crippen LogP contribution in [0.4, 0.5) is 0 Å². The minimum absolute atomic E-state index is 0.748. The quantitative estimate of drug-likeness (QED) is 0.411. The predicted molar refractivity (Wildman–Crippen MR) is 151 cm³/mol. The topological polar surface area (TPSA) is 24.1 Å². The van der Waals surface area contributed by atoms with Crippen molar-refractivity contribution >= 4 is 0 Å². The van der Waals surface area contributed by atoms with Crippen molar-refractivity contribution in [3.63, 3.8) is 0 Å². The van der Waals surface area contributed by atoms with E-state index in [9.17, 15) is 0 Å². The summed E-state index contributed by atoms with van der Waals surface area (Å²) in [5, 5.41) is 8.89. The lowest BCUT2D eigenvalue weighted by Crippen LogP contribution is -2.60. The van der Waals surface area contributed by atoms with Crippen LogP contribution in [0.2, 0.25) is 0 Å². The molecule has 7 saturated carbocycles. The van der Waals surface area contributed by atoms with Gasteiger partial charge in [-0.25, -0.2) is 0 Å². The van der Waals surface area contributed by atoms with Gasteiger partial charge in [-0.3, -0.25) is 0 Å². The average Bonchev–Trinajstić information content (AvgIpc) is 2.92. The summed E-state index contributed by atoms with van der Waals surface area (Å²) in [5.41, 5.74) is 0. The zero-order chi connectivity index (χ0) is 23.9. The standard InChI is InChI=1S/C34H58N2/c1-3-11-25-21-29-27(19-23(25)9-1)13-7-17-31(29)35-33-15-5-6-16-34(33)36-32-18-8-14-28-20-24-10-2-4-12-26(24)22-30(28)32/h23-36H,1-22H2. The van der Waals surface area contributed by atoms with E-state index >= 15 is 0 Å². The molecule has 0 aromatic heterocycles. The molecule has 0 bridgehead atoms. The molecule has 0 aromatic rings. The molecule has 0 saturated heterocycles. The van der Waals surface area contributed by atoms with Gasteiger partial charge >= 0.3 is 0 Å². The molecule has 2 N–H and O–H groups in total. The summed E-state index contributed by atoms with van der Waals surface area (Å²) in [6.45, 7) is 0. The van der Waals surface area contributed by atoms with Crippen molar-refractivity contribution in [1.29, 1.82) is 0 Å². The smallest absolute Gasteiger partial charge is 0.0224 e. The number of nitrogens with one attached hydrogen (secondary N) is 2. The van der Waals surface area contributed by atoms with E-state index in [-0.39, 0.29) is 0 Å². The van der Waals surface area contributed by atoms with Crippen molar-refractivity contribution < 1.29 is 0 Å². The van der Waals surface area contributed by atoms with E-state index in [4.69, 9.17) is 0 Å². The Balaban J connectivity index is 1.01. The summed E-state index contributed by atoms with van der Waals surface area (Å²) >= 11 is 0. The minimum atomic E-state index is 0.748.